The third-order valence-corrected chi connectivity index (χ3v) is 3.93. The van der Waals surface area contributed by atoms with E-state index >= 15 is 0 Å². The lowest BCUT2D eigenvalue weighted by Crippen LogP contribution is -2.29. The number of aromatic amines is 1. The predicted octanol–water partition coefficient (Wildman–Crippen LogP) is 3.78. The number of nitrogens with zero attached hydrogens (tertiary/aromatic N) is 3. The lowest BCUT2D eigenvalue weighted by Gasteiger charge is -2.25. The molecule has 0 saturated heterocycles. The lowest BCUT2D eigenvalue weighted by atomic mass is 10.1. The number of pyridine rings is 1. The third-order valence-electron chi connectivity index (χ3n) is 3.93. The largest absolute Gasteiger partial charge is 0.465 e. The average molecular weight is 310 g/mol. The van der Waals surface area contributed by atoms with Crippen molar-refractivity contribution in [1.82, 2.24) is 20.1 Å². The Kier molecular flexibility index (Phi) is 4.57. The lowest BCUT2D eigenvalue weighted by molar-refractivity contribution is 0.187. The van der Waals surface area contributed by atoms with Gasteiger partial charge in [0.15, 0.2) is 0 Å². The summed E-state index contributed by atoms with van der Waals surface area (Å²) < 4.78 is 5.72. The van der Waals surface area contributed by atoms with Crippen molar-refractivity contribution in [2.24, 2.45) is 0 Å². The molecule has 0 aliphatic carbocycles. The summed E-state index contributed by atoms with van der Waals surface area (Å²) in [4.78, 5) is 6.55. The normalized spacial score (nSPS) is 11.5. The molecule has 0 aliphatic rings. The maximum Gasteiger partial charge on any atom is 0.118 e. The van der Waals surface area contributed by atoms with E-state index in [0.717, 1.165) is 41.4 Å². The van der Waals surface area contributed by atoms with Crippen LogP contribution < -0.4 is 0 Å². The smallest absolute Gasteiger partial charge is 0.118 e. The molecule has 0 bridgehead atoms. The Morgan fingerprint density at radius 3 is 2.70 bits per heavy atom. The van der Waals surface area contributed by atoms with Crippen molar-refractivity contribution in [1.29, 1.82) is 0 Å². The van der Waals surface area contributed by atoms with Gasteiger partial charge in [-0.15, -0.1) is 0 Å². The number of hydrogen-bond acceptors (Lipinski definition) is 4. The van der Waals surface area contributed by atoms with Gasteiger partial charge in [0.25, 0.3) is 0 Å². The third kappa shape index (κ3) is 3.68. The van der Waals surface area contributed by atoms with E-state index in [-0.39, 0.29) is 0 Å². The molecule has 0 aliphatic heterocycles. The monoisotopic (exact) mass is 310 g/mol. The van der Waals surface area contributed by atoms with Crippen LogP contribution >= 0.6 is 0 Å². The first-order valence-corrected chi connectivity index (χ1v) is 7.85. The second-order valence-electron chi connectivity index (χ2n) is 6.02. The highest BCUT2D eigenvalue weighted by molar-refractivity contribution is 5.61. The van der Waals surface area contributed by atoms with Crippen molar-refractivity contribution in [3.05, 3.63) is 59.9 Å². The Morgan fingerprint density at radius 2 is 2.04 bits per heavy atom. The van der Waals surface area contributed by atoms with Gasteiger partial charge in [-0.05, 0) is 45.0 Å². The first kappa shape index (κ1) is 15.5. The molecule has 3 aromatic heterocycles. The van der Waals surface area contributed by atoms with Gasteiger partial charge < -0.3 is 4.42 Å². The Hall–Kier alpha value is -2.40. The molecule has 0 saturated carbocycles. The van der Waals surface area contributed by atoms with Crippen LogP contribution in [0.15, 0.2) is 47.3 Å². The van der Waals surface area contributed by atoms with E-state index in [1.165, 1.54) is 0 Å². The molecular weight excluding hydrogens is 288 g/mol. The van der Waals surface area contributed by atoms with Crippen LogP contribution in [0.4, 0.5) is 0 Å². The highest BCUT2D eigenvalue weighted by atomic mass is 16.3. The summed E-state index contributed by atoms with van der Waals surface area (Å²) in [5.41, 5.74) is 3.24. The van der Waals surface area contributed by atoms with E-state index in [2.05, 4.69) is 33.9 Å². The van der Waals surface area contributed by atoms with Crippen molar-refractivity contribution in [2.75, 3.05) is 0 Å². The topological polar surface area (TPSA) is 58.0 Å². The fourth-order valence-electron chi connectivity index (χ4n) is 2.60. The van der Waals surface area contributed by atoms with E-state index in [0.29, 0.717) is 6.04 Å². The highest BCUT2D eigenvalue weighted by Crippen LogP contribution is 2.23. The van der Waals surface area contributed by atoms with Crippen LogP contribution in [0, 0.1) is 6.92 Å². The minimum Gasteiger partial charge on any atom is -0.465 e. The van der Waals surface area contributed by atoms with Gasteiger partial charge in [-0.2, -0.15) is 5.10 Å². The molecule has 3 heterocycles. The molecule has 5 heteroatoms. The Labute approximate surface area is 136 Å². The zero-order chi connectivity index (χ0) is 16.2. The summed E-state index contributed by atoms with van der Waals surface area (Å²) in [6.07, 6.45) is 5.52. The number of furan rings is 1. The summed E-state index contributed by atoms with van der Waals surface area (Å²) in [6, 6.07) is 8.43. The minimum absolute atomic E-state index is 0.400. The van der Waals surface area contributed by atoms with Crippen LogP contribution in [0.25, 0.3) is 11.3 Å². The SMILES string of the molecule is Cc1ccc(CN(Cc2cn[nH]c2-c2cccnc2)C(C)C)o1. The summed E-state index contributed by atoms with van der Waals surface area (Å²) >= 11 is 0. The molecule has 0 fully saturated rings. The van der Waals surface area contributed by atoms with Gasteiger partial charge in [-0.25, -0.2) is 0 Å². The standard InChI is InChI=1S/C18H22N4O/c1-13(2)22(12-17-7-6-14(3)23-17)11-16-10-20-21-18(16)15-5-4-8-19-9-15/h4-10,13H,11-12H2,1-3H3,(H,20,21). The van der Waals surface area contributed by atoms with Gasteiger partial charge in [0.1, 0.15) is 11.5 Å². The number of rotatable bonds is 6. The predicted molar refractivity (Wildman–Crippen MR) is 89.6 cm³/mol. The molecule has 3 aromatic rings. The molecule has 120 valence electrons. The summed E-state index contributed by atoms with van der Waals surface area (Å²) in [5, 5.41) is 7.31. The number of aryl methyl sites for hydroxylation is 1. The van der Waals surface area contributed by atoms with Crippen LogP contribution in [-0.4, -0.2) is 26.1 Å². The molecule has 0 atom stereocenters. The molecule has 3 rings (SSSR count). The van der Waals surface area contributed by atoms with Gasteiger partial charge in [0.2, 0.25) is 0 Å². The minimum atomic E-state index is 0.400. The van der Waals surface area contributed by atoms with Crippen LogP contribution in [-0.2, 0) is 13.1 Å². The number of aromatic nitrogens is 3. The van der Waals surface area contributed by atoms with Gasteiger partial charge >= 0.3 is 0 Å². The van der Waals surface area contributed by atoms with Gasteiger partial charge in [0, 0.05) is 36.1 Å². The summed E-state index contributed by atoms with van der Waals surface area (Å²) in [5.74, 6) is 1.94. The Balaban J connectivity index is 1.80. The summed E-state index contributed by atoms with van der Waals surface area (Å²) in [6.45, 7) is 7.94. The molecule has 0 spiro atoms. The van der Waals surface area contributed by atoms with Crippen molar-refractivity contribution in [3.8, 4) is 11.3 Å². The van der Waals surface area contributed by atoms with E-state index in [1.54, 1.807) is 6.20 Å². The second-order valence-corrected chi connectivity index (χ2v) is 6.02. The summed E-state index contributed by atoms with van der Waals surface area (Å²) in [7, 11) is 0. The molecule has 0 radical (unpaired) electrons. The van der Waals surface area contributed by atoms with Crippen LogP contribution in [0.2, 0.25) is 0 Å². The number of hydrogen-bond donors (Lipinski definition) is 1. The number of H-pyrrole nitrogens is 1. The van der Waals surface area contributed by atoms with Crippen LogP contribution in [0.1, 0.15) is 30.9 Å². The second kappa shape index (κ2) is 6.79. The van der Waals surface area contributed by atoms with E-state index in [1.807, 2.05) is 43.6 Å². The van der Waals surface area contributed by atoms with Crippen molar-refractivity contribution < 1.29 is 4.42 Å². The van der Waals surface area contributed by atoms with Crippen molar-refractivity contribution in [2.45, 2.75) is 39.9 Å². The van der Waals surface area contributed by atoms with E-state index in [9.17, 15) is 0 Å². The van der Waals surface area contributed by atoms with Crippen LogP contribution in [0.3, 0.4) is 0 Å². The van der Waals surface area contributed by atoms with Gasteiger partial charge in [-0.3, -0.25) is 15.0 Å². The first-order chi connectivity index (χ1) is 11.1. The quantitative estimate of drug-likeness (QED) is 0.752. The molecule has 0 aromatic carbocycles. The molecule has 5 nitrogen and oxygen atoms in total. The Bertz CT molecular complexity index is 745. The van der Waals surface area contributed by atoms with E-state index in [4.69, 9.17) is 4.42 Å². The zero-order valence-electron chi connectivity index (χ0n) is 13.8. The van der Waals surface area contributed by atoms with E-state index < -0.39 is 0 Å². The fourth-order valence-corrected chi connectivity index (χ4v) is 2.60. The van der Waals surface area contributed by atoms with Crippen molar-refractivity contribution >= 4 is 0 Å². The molecule has 1 N–H and O–H groups in total. The maximum absolute atomic E-state index is 5.72. The Morgan fingerprint density at radius 1 is 1.17 bits per heavy atom. The van der Waals surface area contributed by atoms with Crippen molar-refractivity contribution in [3.63, 3.8) is 0 Å². The zero-order valence-corrected chi connectivity index (χ0v) is 13.8. The molecule has 0 unspecified atom stereocenters. The van der Waals surface area contributed by atoms with Gasteiger partial charge in [-0.1, -0.05) is 0 Å². The fraction of sp³-hybridized carbons (Fsp3) is 0.333. The molecule has 0 amide bonds. The average Bonchev–Trinajstić information content (AvgIpc) is 3.16. The molecular formula is C18H22N4O. The van der Waals surface area contributed by atoms with Gasteiger partial charge in [0.05, 0.1) is 18.4 Å². The van der Waals surface area contributed by atoms with Crippen LogP contribution in [0.5, 0.6) is 0 Å². The first-order valence-electron chi connectivity index (χ1n) is 7.85. The highest BCUT2D eigenvalue weighted by Gasteiger charge is 2.16. The molecule has 23 heavy (non-hydrogen) atoms. The number of nitrogens with one attached hydrogen (secondary N) is 1. The maximum atomic E-state index is 5.72.